The smallest absolute Gasteiger partial charge is 0.151 e. The van der Waals surface area contributed by atoms with Gasteiger partial charge in [0.1, 0.15) is 0 Å². The van der Waals surface area contributed by atoms with Gasteiger partial charge in [-0.05, 0) is 14.0 Å². The monoisotopic (exact) mass is 324 g/mol. The summed E-state index contributed by atoms with van der Waals surface area (Å²) in [7, 11) is -1.28. The second-order valence-corrected chi connectivity index (χ2v) is 8.47. The summed E-state index contributed by atoms with van der Waals surface area (Å²) in [5, 5.41) is 5.62. The van der Waals surface area contributed by atoms with Crippen LogP contribution in [0.1, 0.15) is 11.9 Å². The van der Waals surface area contributed by atoms with Crippen LogP contribution in [0.25, 0.3) is 11.3 Å². The predicted molar refractivity (Wildman–Crippen MR) is 88.4 cm³/mol. The molecule has 114 valence electrons. The van der Waals surface area contributed by atoms with Gasteiger partial charge in [-0.25, -0.2) is 13.4 Å². The third-order valence-corrected chi connectivity index (χ3v) is 6.18. The molecule has 2 aromatic rings. The van der Waals surface area contributed by atoms with Gasteiger partial charge in [0.25, 0.3) is 0 Å². The highest BCUT2D eigenvalue weighted by Gasteiger charge is 2.25. The summed E-state index contributed by atoms with van der Waals surface area (Å²) in [6, 6.07) is 9.85. The van der Waals surface area contributed by atoms with Crippen LogP contribution in [-0.2, 0) is 16.3 Å². The van der Waals surface area contributed by atoms with Gasteiger partial charge in [0, 0.05) is 29.7 Å². The Hall–Kier alpha value is -1.24. The molecule has 0 saturated heterocycles. The number of hydrogen-bond acceptors (Lipinski definition) is 5. The van der Waals surface area contributed by atoms with E-state index < -0.39 is 15.1 Å². The highest BCUT2D eigenvalue weighted by atomic mass is 32.2. The lowest BCUT2D eigenvalue weighted by molar-refractivity contribution is 0.516. The molecule has 2 unspecified atom stereocenters. The highest BCUT2D eigenvalue weighted by Crippen LogP contribution is 2.23. The van der Waals surface area contributed by atoms with E-state index in [0.29, 0.717) is 6.42 Å². The van der Waals surface area contributed by atoms with Gasteiger partial charge in [-0.3, -0.25) is 0 Å². The van der Waals surface area contributed by atoms with Crippen LogP contribution in [0.5, 0.6) is 0 Å². The number of sulfone groups is 1. The zero-order valence-corrected chi connectivity index (χ0v) is 14.0. The molecule has 0 fully saturated rings. The highest BCUT2D eigenvalue weighted by molar-refractivity contribution is 7.91. The molecule has 0 radical (unpaired) electrons. The van der Waals surface area contributed by atoms with Gasteiger partial charge in [0.2, 0.25) is 0 Å². The van der Waals surface area contributed by atoms with E-state index in [2.05, 4.69) is 10.3 Å². The van der Waals surface area contributed by atoms with E-state index in [-0.39, 0.29) is 6.04 Å². The lowest BCUT2D eigenvalue weighted by Gasteiger charge is -2.21. The number of nitrogens with zero attached hydrogens (tertiary/aromatic N) is 1. The normalized spacial score (nSPS) is 14.8. The SMILES string of the molecule is CNC(Cc1nc(-c2ccccc2)cs1)C(C)S(C)(=O)=O. The number of likely N-dealkylation sites (N-methyl/N-ethyl adjacent to an activating group) is 1. The second-order valence-electron chi connectivity index (χ2n) is 5.13. The zero-order valence-electron chi connectivity index (χ0n) is 12.4. The molecule has 1 aromatic heterocycles. The van der Waals surface area contributed by atoms with Crippen molar-refractivity contribution in [1.29, 1.82) is 0 Å². The lowest BCUT2D eigenvalue weighted by Crippen LogP contribution is -2.41. The topological polar surface area (TPSA) is 59.1 Å². The van der Waals surface area contributed by atoms with Crippen LogP contribution in [0.2, 0.25) is 0 Å². The molecule has 1 N–H and O–H groups in total. The minimum absolute atomic E-state index is 0.130. The Kier molecular flexibility index (Phi) is 5.13. The molecule has 0 aliphatic heterocycles. The summed E-state index contributed by atoms with van der Waals surface area (Å²) < 4.78 is 23.4. The summed E-state index contributed by atoms with van der Waals surface area (Å²) in [6.07, 6.45) is 1.89. The number of aromatic nitrogens is 1. The summed E-state index contributed by atoms with van der Waals surface area (Å²) in [6.45, 7) is 1.74. The third kappa shape index (κ3) is 4.12. The average molecular weight is 324 g/mol. The Morgan fingerprint density at radius 2 is 1.95 bits per heavy atom. The molecule has 2 rings (SSSR count). The molecule has 0 saturated carbocycles. The van der Waals surface area contributed by atoms with E-state index >= 15 is 0 Å². The average Bonchev–Trinajstić information content (AvgIpc) is 2.92. The van der Waals surface area contributed by atoms with Gasteiger partial charge < -0.3 is 5.32 Å². The van der Waals surface area contributed by atoms with Crippen molar-refractivity contribution in [3.05, 3.63) is 40.7 Å². The minimum atomic E-state index is -3.07. The van der Waals surface area contributed by atoms with Crippen molar-refractivity contribution >= 4 is 21.2 Å². The van der Waals surface area contributed by atoms with Crippen LogP contribution in [0.3, 0.4) is 0 Å². The van der Waals surface area contributed by atoms with Crippen molar-refractivity contribution in [2.45, 2.75) is 24.6 Å². The zero-order chi connectivity index (χ0) is 15.5. The molecule has 0 aliphatic carbocycles. The summed E-state index contributed by atoms with van der Waals surface area (Å²) in [4.78, 5) is 4.62. The fourth-order valence-corrected chi connectivity index (χ4v) is 3.83. The Morgan fingerprint density at radius 1 is 1.29 bits per heavy atom. The molecule has 0 aliphatic rings. The molecular formula is C15H20N2O2S2. The van der Waals surface area contributed by atoms with Crippen LogP contribution in [-0.4, -0.2) is 38.0 Å². The van der Waals surface area contributed by atoms with Crippen LogP contribution in [0.4, 0.5) is 0 Å². The molecule has 0 bridgehead atoms. The van der Waals surface area contributed by atoms with Crippen molar-refractivity contribution in [2.24, 2.45) is 0 Å². The number of thiazole rings is 1. The quantitative estimate of drug-likeness (QED) is 0.886. The van der Waals surface area contributed by atoms with Crippen molar-refractivity contribution in [1.82, 2.24) is 10.3 Å². The Morgan fingerprint density at radius 3 is 2.52 bits per heavy atom. The van der Waals surface area contributed by atoms with Crippen molar-refractivity contribution < 1.29 is 8.42 Å². The first kappa shape index (κ1) is 16.1. The molecule has 6 heteroatoms. The number of rotatable bonds is 6. The third-order valence-electron chi connectivity index (χ3n) is 3.63. The van der Waals surface area contributed by atoms with E-state index in [0.717, 1.165) is 16.3 Å². The second kappa shape index (κ2) is 6.68. The molecule has 0 amide bonds. The van der Waals surface area contributed by atoms with Crippen molar-refractivity contribution in [2.75, 3.05) is 13.3 Å². The standard InChI is InChI=1S/C15H20N2O2S2/c1-11(21(3,18)19)13(16-2)9-15-17-14(10-20-15)12-7-5-4-6-8-12/h4-8,10-11,13,16H,9H2,1-3H3. The summed E-state index contributed by atoms with van der Waals surface area (Å²) in [5.41, 5.74) is 2.02. The van der Waals surface area contributed by atoms with E-state index in [1.54, 1.807) is 25.3 Å². The first-order valence-electron chi connectivity index (χ1n) is 6.77. The Bertz CT molecular complexity index is 681. The summed E-state index contributed by atoms with van der Waals surface area (Å²) >= 11 is 1.57. The maximum Gasteiger partial charge on any atom is 0.151 e. The number of benzene rings is 1. The molecule has 0 spiro atoms. The van der Waals surface area contributed by atoms with E-state index in [1.807, 2.05) is 35.7 Å². The van der Waals surface area contributed by atoms with E-state index in [9.17, 15) is 8.42 Å². The van der Waals surface area contributed by atoms with Gasteiger partial charge >= 0.3 is 0 Å². The Balaban J connectivity index is 2.15. The maximum absolute atomic E-state index is 11.7. The predicted octanol–water partition coefficient (Wildman–Crippen LogP) is 2.37. The van der Waals surface area contributed by atoms with Gasteiger partial charge in [0.05, 0.1) is 16.0 Å². The van der Waals surface area contributed by atoms with Crippen molar-refractivity contribution in [3.63, 3.8) is 0 Å². The maximum atomic E-state index is 11.7. The van der Waals surface area contributed by atoms with Gasteiger partial charge in [0.15, 0.2) is 9.84 Å². The fourth-order valence-electron chi connectivity index (χ4n) is 2.14. The summed E-state index contributed by atoms with van der Waals surface area (Å²) in [5.74, 6) is 0. The molecule has 4 nitrogen and oxygen atoms in total. The first-order valence-corrected chi connectivity index (χ1v) is 9.61. The molecule has 2 atom stereocenters. The van der Waals surface area contributed by atoms with E-state index in [4.69, 9.17) is 0 Å². The van der Waals surface area contributed by atoms with Crippen LogP contribution >= 0.6 is 11.3 Å². The molecule has 1 heterocycles. The van der Waals surface area contributed by atoms with Gasteiger partial charge in [-0.2, -0.15) is 0 Å². The molecule has 1 aromatic carbocycles. The Labute approximate surface area is 130 Å². The van der Waals surface area contributed by atoms with Gasteiger partial charge in [-0.15, -0.1) is 11.3 Å². The fraction of sp³-hybridized carbons (Fsp3) is 0.400. The minimum Gasteiger partial charge on any atom is -0.315 e. The van der Waals surface area contributed by atoms with Crippen LogP contribution < -0.4 is 5.32 Å². The van der Waals surface area contributed by atoms with E-state index in [1.165, 1.54) is 6.26 Å². The first-order chi connectivity index (χ1) is 9.91. The van der Waals surface area contributed by atoms with Crippen molar-refractivity contribution in [3.8, 4) is 11.3 Å². The van der Waals surface area contributed by atoms with Gasteiger partial charge in [-0.1, -0.05) is 30.3 Å². The van der Waals surface area contributed by atoms with Crippen LogP contribution in [0, 0.1) is 0 Å². The number of nitrogens with one attached hydrogen (secondary N) is 1. The lowest BCUT2D eigenvalue weighted by atomic mass is 10.1. The van der Waals surface area contributed by atoms with Crippen LogP contribution in [0.15, 0.2) is 35.7 Å². The largest absolute Gasteiger partial charge is 0.315 e. The number of hydrogen-bond donors (Lipinski definition) is 1. The molecular weight excluding hydrogens is 304 g/mol. The molecule has 21 heavy (non-hydrogen) atoms.